The maximum Gasteiger partial charge on any atom is 0.221 e. The van der Waals surface area contributed by atoms with Gasteiger partial charge in [-0.3, -0.25) is 9.69 Å². The van der Waals surface area contributed by atoms with Crippen LogP contribution in [0.15, 0.2) is 0 Å². The molecule has 2 N–H and O–H groups in total. The quantitative estimate of drug-likeness (QED) is 0.690. The zero-order valence-electron chi connectivity index (χ0n) is 13.1. The summed E-state index contributed by atoms with van der Waals surface area (Å²) in [6, 6.07) is 0. The largest absolute Gasteiger partial charge is 0.356 e. The molecule has 4 heteroatoms. The summed E-state index contributed by atoms with van der Waals surface area (Å²) in [7, 11) is 0. The predicted octanol–water partition coefficient (Wildman–Crippen LogP) is 1.61. The Kier molecular flexibility index (Phi) is 6.80. The number of rotatable bonds is 7. The van der Waals surface area contributed by atoms with Crippen LogP contribution in [-0.4, -0.2) is 49.1 Å². The maximum absolute atomic E-state index is 12.0. The number of hydrogen-bond donors (Lipinski definition) is 2. The monoisotopic (exact) mass is 269 g/mol. The number of piperazine rings is 1. The van der Waals surface area contributed by atoms with Gasteiger partial charge in [-0.2, -0.15) is 0 Å². The third kappa shape index (κ3) is 6.39. The minimum atomic E-state index is -0.0375. The van der Waals surface area contributed by atoms with Crippen molar-refractivity contribution in [2.24, 2.45) is 5.92 Å². The van der Waals surface area contributed by atoms with Gasteiger partial charge < -0.3 is 10.6 Å². The molecule has 1 amide bonds. The summed E-state index contributed by atoms with van der Waals surface area (Å²) in [6.45, 7) is 13.7. The summed E-state index contributed by atoms with van der Waals surface area (Å²) in [5.74, 6) is 0.904. The molecular weight excluding hydrogens is 238 g/mol. The number of nitrogens with zero attached hydrogens (tertiary/aromatic N) is 1. The molecule has 0 bridgehead atoms. The molecule has 1 fully saturated rings. The Bertz CT molecular complexity index is 271. The van der Waals surface area contributed by atoms with Crippen molar-refractivity contribution in [1.29, 1.82) is 0 Å². The SMILES string of the molecule is CC(C)CCCNC(=O)CC(C)(C)N1CCNCC1. The average Bonchev–Trinajstić information content (AvgIpc) is 2.35. The molecule has 1 heterocycles. The van der Waals surface area contributed by atoms with E-state index < -0.39 is 0 Å². The fourth-order valence-corrected chi connectivity index (χ4v) is 2.58. The fourth-order valence-electron chi connectivity index (χ4n) is 2.58. The smallest absolute Gasteiger partial charge is 0.221 e. The normalized spacial score (nSPS) is 17.7. The molecule has 112 valence electrons. The molecule has 0 saturated carbocycles. The lowest BCUT2D eigenvalue weighted by Crippen LogP contribution is -2.54. The topological polar surface area (TPSA) is 44.4 Å². The van der Waals surface area contributed by atoms with E-state index in [-0.39, 0.29) is 11.4 Å². The van der Waals surface area contributed by atoms with Gasteiger partial charge in [0.2, 0.25) is 5.91 Å². The first-order valence-corrected chi connectivity index (χ1v) is 7.64. The molecule has 1 rings (SSSR count). The minimum absolute atomic E-state index is 0.0375. The summed E-state index contributed by atoms with van der Waals surface area (Å²) in [4.78, 5) is 14.4. The van der Waals surface area contributed by atoms with Crippen molar-refractivity contribution in [3.05, 3.63) is 0 Å². The molecular formula is C15H31N3O. The van der Waals surface area contributed by atoms with Crippen LogP contribution in [0.3, 0.4) is 0 Å². The first kappa shape index (κ1) is 16.4. The third-order valence-corrected chi connectivity index (χ3v) is 3.85. The van der Waals surface area contributed by atoms with Gasteiger partial charge in [-0.25, -0.2) is 0 Å². The Labute approximate surface area is 118 Å². The van der Waals surface area contributed by atoms with E-state index in [0.717, 1.165) is 39.1 Å². The van der Waals surface area contributed by atoms with Crippen molar-refractivity contribution < 1.29 is 4.79 Å². The molecule has 0 atom stereocenters. The van der Waals surface area contributed by atoms with Crippen LogP contribution in [0.5, 0.6) is 0 Å². The van der Waals surface area contributed by atoms with E-state index in [1.165, 1.54) is 6.42 Å². The van der Waals surface area contributed by atoms with E-state index in [2.05, 4.69) is 43.2 Å². The highest BCUT2D eigenvalue weighted by Gasteiger charge is 2.29. The zero-order valence-corrected chi connectivity index (χ0v) is 13.1. The molecule has 0 radical (unpaired) electrons. The summed E-state index contributed by atoms with van der Waals surface area (Å²) >= 11 is 0. The average molecular weight is 269 g/mol. The number of amides is 1. The zero-order chi connectivity index (χ0) is 14.3. The van der Waals surface area contributed by atoms with Crippen molar-refractivity contribution in [3.8, 4) is 0 Å². The van der Waals surface area contributed by atoms with Crippen LogP contribution in [0, 0.1) is 5.92 Å². The highest BCUT2D eigenvalue weighted by Crippen LogP contribution is 2.19. The first-order valence-electron chi connectivity index (χ1n) is 7.64. The minimum Gasteiger partial charge on any atom is -0.356 e. The Hall–Kier alpha value is -0.610. The van der Waals surface area contributed by atoms with E-state index in [9.17, 15) is 4.79 Å². The lowest BCUT2D eigenvalue weighted by Gasteiger charge is -2.40. The Morgan fingerprint density at radius 1 is 1.32 bits per heavy atom. The van der Waals surface area contributed by atoms with Gasteiger partial charge in [0.1, 0.15) is 0 Å². The molecule has 1 aliphatic rings. The Balaban J connectivity index is 2.25. The second-order valence-corrected chi connectivity index (χ2v) is 6.61. The molecule has 0 aromatic heterocycles. The van der Waals surface area contributed by atoms with Crippen molar-refractivity contribution >= 4 is 5.91 Å². The predicted molar refractivity (Wildman–Crippen MR) is 80.2 cm³/mol. The van der Waals surface area contributed by atoms with E-state index in [0.29, 0.717) is 12.3 Å². The van der Waals surface area contributed by atoms with Crippen molar-refractivity contribution in [3.63, 3.8) is 0 Å². The van der Waals surface area contributed by atoms with Crippen LogP contribution >= 0.6 is 0 Å². The van der Waals surface area contributed by atoms with Crippen LogP contribution < -0.4 is 10.6 Å². The number of carbonyl (C=O) groups is 1. The van der Waals surface area contributed by atoms with Gasteiger partial charge in [0.05, 0.1) is 0 Å². The van der Waals surface area contributed by atoms with Gasteiger partial charge in [0, 0.05) is 44.7 Å². The molecule has 0 unspecified atom stereocenters. The maximum atomic E-state index is 12.0. The third-order valence-electron chi connectivity index (χ3n) is 3.85. The summed E-state index contributed by atoms with van der Waals surface area (Å²) < 4.78 is 0. The van der Waals surface area contributed by atoms with Crippen LogP contribution in [0.25, 0.3) is 0 Å². The highest BCUT2D eigenvalue weighted by atomic mass is 16.1. The summed E-state index contributed by atoms with van der Waals surface area (Å²) in [5.41, 5.74) is -0.0375. The van der Waals surface area contributed by atoms with Gasteiger partial charge in [0.15, 0.2) is 0 Å². The van der Waals surface area contributed by atoms with Crippen molar-refractivity contribution in [1.82, 2.24) is 15.5 Å². The second-order valence-electron chi connectivity index (χ2n) is 6.61. The van der Waals surface area contributed by atoms with Crippen molar-refractivity contribution in [2.75, 3.05) is 32.7 Å². The standard InChI is InChI=1S/C15H31N3O/c1-13(2)6-5-7-17-14(19)12-15(3,4)18-10-8-16-9-11-18/h13,16H,5-12H2,1-4H3,(H,17,19). The number of carbonyl (C=O) groups excluding carboxylic acids is 1. The van der Waals surface area contributed by atoms with Gasteiger partial charge in [-0.15, -0.1) is 0 Å². The molecule has 0 aliphatic carbocycles. The van der Waals surface area contributed by atoms with Gasteiger partial charge >= 0.3 is 0 Å². The van der Waals surface area contributed by atoms with Crippen molar-refractivity contribution in [2.45, 2.75) is 52.5 Å². The fraction of sp³-hybridized carbons (Fsp3) is 0.933. The molecule has 0 aromatic carbocycles. The number of hydrogen-bond acceptors (Lipinski definition) is 3. The van der Waals surface area contributed by atoms with Gasteiger partial charge in [-0.05, 0) is 32.6 Å². The number of nitrogens with one attached hydrogen (secondary N) is 2. The van der Waals surface area contributed by atoms with E-state index in [1.54, 1.807) is 0 Å². The molecule has 1 saturated heterocycles. The highest BCUT2D eigenvalue weighted by molar-refractivity contribution is 5.77. The molecule has 0 aromatic rings. The Morgan fingerprint density at radius 3 is 2.53 bits per heavy atom. The molecule has 0 spiro atoms. The van der Waals surface area contributed by atoms with E-state index in [1.807, 2.05) is 0 Å². The van der Waals surface area contributed by atoms with Crippen LogP contribution in [0.1, 0.15) is 47.0 Å². The molecule has 1 aliphatic heterocycles. The van der Waals surface area contributed by atoms with E-state index >= 15 is 0 Å². The van der Waals surface area contributed by atoms with Crippen LogP contribution in [0.4, 0.5) is 0 Å². The van der Waals surface area contributed by atoms with Crippen LogP contribution in [0.2, 0.25) is 0 Å². The molecule has 4 nitrogen and oxygen atoms in total. The van der Waals surface area contributed by atoms with Gasteiger partial charge in [0.25, 0.3) is 0 Å². The first-order chi connectivity index (χ1) is 8.92. The molecule has 19 heavy (non-hydrogen) atoms. The van der Waals surface area contributed by atoms with Crippen LogP contribution in [-0.2, 0) is 4.79 Å². The van der Waals surface area contributed by atoms with Gasteiger partial charge in [-0.1, -0.05) is 13.8 Å². The summed E-state index contributed by atoms with van der Waals surface area (Å²) in [5, 5.41) is 6.40. The summed E-state index contributed by atoms with van der Waals surface area (Å²) in [6.07, 6.45) is 2.85. The lowest BCUT2D eigenvalue weighted by molar-refractivity contribution is -0.123. The Morgan fingerprint density at radius 2 is 1.95 bits per heavy atom. The lowest BCUT2D eigenvalue weighted by atomic mass is 9.96. The second kappa shape index (κ2) is 7.85. The van der Waals surface area contributed by atoms with E-state index in [4.69, 9.17) is 0 Å².